The summed E-state index contributed by atoms with van der Waals surface area (Å²) in [7, 11) is -1.44. The molecule has 34 heavy (non-hydrogen) atoms. The Hall–Kier alpha value is -1.19. The van der Waals surface area contributed by atoms with Crippen molar-refractivity contribution in [3.8, 4) is 11.1 Å². The molecule has 0 N–H and O–H groups in total. The second kappa shape index (κ2) is 14.4. The minimum absolute atomic E-state index is 0. The van der Waals surface area contributed by atoms with Crippen molar-refractivity contribution in [1.82, 2.24) is 0 Å². The normalized spacial score (nSPS) is 9.94. The standard InChI is InChI=1S/C29H31Si.3ClH.Ti/c1-20-13-9-11-17-27(20)30(28-18-12-10-14-21(28)2)19-26-23(4)22(3)24(5)29(26)25-15-7-6-8-16-25;;;;/h6-18,30H,19H2,1-5H3;3*1H;/q-1;;;;+4/p-3. The molecule has 0 bridgehead atoms. The van der Waals surface area contributed by atoms with Gasteiger partial charge in [-0.1, -0.05) is 133 Å². The Morgan fingerprint density at radius 1 is 0.588 bits per heavy atom. The fourth-order valence-corrected chi connectivity index (χ4v) is 8.58. The average molecular weight is 562 g/mol. The molecule has 0 amide bonds. The maximum atomic E-state index is 2.37. The summed E-state index contributed by atoms with van der Waals surface area (Å²) in [6.45, 7) is 11.5. The summed E-state index contributed by atoms with van der Waals surface area (Å²) in [5, 5.41) is 3.14. The molecule has 0 atom stereocenters. The Morgan fingerprint density at radius 2 is 1.03 bits per heavy atom. The molecule has 0 fully saturated rings. The van der Waals surface area contributed by atoms with Crippen molar-refractivity contribution in [3.05, 3.63) is 112 Å². The van der Waals surface area contributed by atoms with E-state index >= 15 is 0 Å². The van der Waals surface area contributed by atoms with Crippen LogP contribution in [-0.2, 0) is 27.8 Å². The zero-order chi connectivity index (χ0) is 21.3. The summed E-state index contributed by atoms with van der Waals surface area (Å²) in [5.41, 5.74) is 11.6. The van der Waals surface area contributed by atoms with Crippen molar-refractivity contribution >= 4 is 19.2 Å². The summed E-state index contributed by atoms with van der Waals surface area (Å²) >= 11 is 0. The van der Waals surface area contributed by atoms with Gasteiger partial charge in [-0.2, -0.15) is 11.1 Å². The predicted molar refractivity (Wildman–Crippen MR) is 134 cm³/mol. The summed E-state index contributed by atoms with van der Waals surface area (Å²) in [5.74, 6) is 0. The van der Waals surface area contributed by atoms with E-state index in [4.69, 9.17) is 0 Å². The molecule has 0 saturated heterocycles. The van der Waals surface area contributed by atoms with Crippen LogP contribution < -0.4 is 47.6 Å². The molecule has 0 aliphatic heterocycles. The molecule has 0 nitrogen and oxygen atoms in total. The first-order valence-electron chi connectivity index (χ1n) is 10.9. The van der Waals surface area contributed by atoms with Gasteiger partial charge in [-0.3, -0.25) is 0 Å². The Labute approximate surface area is 240 Å². The minimum Gasteiger partial charge on any atom is -1.00 e. The van der Waals surface area contributed by atoms with Gasteiger partial charge in [-0.15, -0.1) is 16.7 Å². The maximum absolute atomic E-state index is 2.37. The van der Waals surface area contributed by atoms with Crippen LogP contribution in [0, 0.1) is 34.6 Å². The first-order chi connectivity index (χ1) is 14.5. The molecule has 0 aliphatic carbocycles. The molecule has 0 aliphatic rings. The van der Waals surface area contributed by atoms with Gasteiger partial charge in [0.25, 0.3) is 0 Å². The molecule has 0 unspecified atom stereocenters. The van der Waals surface area contributed by atoms with Crippen molar-refractivity contribution in [2.45, 2.75) is 40.7 Å². The van der Waals surface area contributed by atoms with Gasteiger partial charge in [0.1, 0.15) is 0 Å². The molecule has 0 saturated carbocycles. The number of rotatable bonds is 5. The maximum Gasteiger partial charge on any atom is 4.00 e. The third-order valence-corrected chi connectivity index (χ3v) is 10.5. The number of benzene rings is 3. The van der Waals surface area contributed by atoms with E-state index in [1.54, 1.807) is 15.9 Å². The summed E-state index contributed by atoms with van der Waals surface area (Å²) < 4.78 is 0. The van der Waals surface area contributed by atoms with Gasteiger partial charge in [0.15, 0.2) is 0 Å². The van der Waals surface area contributed by atoms with Crippen molar-refractivity contribution in [2.24, 2.45) is 0 Å². The molecular formula is C29H31Cl3SiTi. The van der Waals surface area contributed by atoms with Crippen LogP contribution in [0.15, 0.2) is 78.9 Å². The van der Waals surface area contributed by atoms with Crippen LogP contribution >= 0.6 is 0 Å². The van der Waals surface area contributed by atoms with Crippen LogP contribution in [0.2, 0.25) is 0 Å². The molecule has 4 aromatic carbocycles. The van der Waals surface area contributed by atoms with E-state index < -0.39 is 8.80 Å². The first kappa shape index (κ1) is 32.8. The van der Waals surface area contributed by atoms with Gasteiger partial charge >= 0.3 is 21.7 Å². The largest absolute Gasteiger partial charge is 4.00 e. The van der Waals surface area contributed by atoms with Crippen LogP contribution in [0.5, 0.6) is 0 Å². The fourth-order valence-electron chi connectivity index (χ4n) is 4.91. The Kier molecular flexibility index (Phi) is 13.9. The zero-order valence-corrected chi connectivity index (χ0v) is 25.4. The number of aryl methyl sites for hydroxylation is 2. The van der Waals surface area contributed by atoms with Gasteiger partial charge in [0.05, 0.1) is 8.80 Å². The molecule has 0 spiro atoms. The van der Waals surface area contributed by atoms with E-state index in [1.165, 1.54) is 38.9 Å². The van der Waals surface area contributed by atoms with Gasteiger partial charge in [-0.05, 0) is 13.8 Å². The third kappa shape index (κ3) is 6.52. The summed E-state index contributed by atoms with van der Waals surface area (Å²) in [6.07, 6.45) is 0. The number of hydrogen-bond acceptors (Lipinski definition) is 0. The van der Waals surface area contributed by atoms with E-state index in [1.807, 2.05) is 0 Å². The Bertz CT molecular complexity index is 1140. The van der Waals surface area contributed by atoms with E-state index in [-0.39, 0.29) is 58.9 Å². The molecule has 4 rings (SSSR count). The van der Waals surface area contributed by atoms with Crippen LogP contribution in [0.3, 0.4) is 0 Å². The SMILES string of the molecule is Cc1ccccc1[SiH](C[c-]1c(C)c(C)c(C)c1-c1ccccc1)c1ccccc1C.[Cl-].[Cl-].[Cl-].[Ti+4]. The summed E-state index contributed by atoms with van der Waals surface area (Å²) in [6, 6.07) is 30.2. The number of halogens is 3. The van der Waals surface area contributed by atoms with Crippen molar-refractivity contribution < 1.29 is 58.9 Å². The second-order valence-electron chi connectivity index (χ2n) is 8.56. The third-order valence-electron chi connectivity index (χ3n) is 6.85. The molecule has 176 valence electrons. The minimum atomic E-state index is -1.44. The smallest absolute Gasteiger partial charge is 1.00 e. The van der Waals surface area contributed by atoms with Crippen LogP contribution in [0.25, 0.3) is 11.1 Å². The molecule has 0 aromatic heterocycles. The van der Waals surface area contributed by atoms with E-state index in [9.17, 15) is 0 Å². The van der Waals surface area contributed by atoms with Crippen LogP contribution in [-0.4, -0.2) is 8.80 Å². The fraction of sp³-hybridized carbons (Fsp3) is 0.207. The molecule has 0 heterocycles. The monoisotopic (exact) mass is 560 g/mol. The van der Waals surface area contributed by atoms with Crippen molar-refractivity contribution in [1.29, 1.82) is 0 Å². The van der Waals surface area contributed by atoms with Crippen molar-refractivity contribution in [3.63, 3.8) is 0 Å². The predicted octanol–water partition coefficient (Wildman–Crippen LogP) is -3.25. The Balaban J connectivity index is 0.00000272. The summed E-state index contributed by atoms with van der Waals surface area (Å²) in [4.78, 5) is 0. The number of hydrogen-bond donors (Lipinski definition) is 0. The van der Waals surface area contributed by atoms with Gasteiger partial charge in [0, 0.05) is 0 Å². The van der Waals surface area contributed by atoms with Gasteiger partial charge in [-0.25, -0.2) is 0 Å². The van der Waals surface area contributed by atoms with E-state index in [2.05, 4.69) is 113 Å². The van der Waals surface area contributed by atoms with Crippen LogP contribution in [0.4, 0.5) is 0 Å². The van der Waals surface area contributed by atoms with Gasteiger partial charge < -0.3 is 37.2 Å². The molecule has 0 radical (unpaired) electrons. The Morgan fingerprint density at radius 3 is 1.50 bits per heavy atom. The second-order valence-corrected chi connectivity index (χ2v) is 11.3. The van der Waals surface area contributed by atoms with Gasteiger partial charge in [0.2, 0.25) is 0 Å². The van der Waals surface area contributed by atoms with Crippen LogP contribution in [0.1, 0.15) is 33.4 Å². The average Bonchev–Trinajstić information content (AvgIpc) is 2.97. The molecular weight excluding hydrogens is 531 g/mol. The quantitative estimate of drug-likeness (QED) is 0.178. The van der Waals surface area contributed by atoms with E-state index in [0.29, 0.717) is 0 Å². The van der Waals surface area contributed by atoms with Crippen molar-refractivity contribution in [2.75, 3.05) is 0 Å². The first-order valence-corrected chi connectivity index (χ1v) is 12.9. The molecule has 5 heteroatoms. The molecule has 4 aromatic rings. The topological polar surface area (TPSA) is 0 Å². The van der Waals surface area contributed by atoms with E-state index in [0.717, 1.165) is 6.04 Å². The zero-order valence-electron chi connectivity index (χ0n) is 20.4.